The molecule has 0 radical (unpaired) electrons. The fraction of sp³-hybridized carbons (Fsp3) is 0.176. The molecule has 0 bridgehead atoms. The first kappa shape index (κ1) is 17.1. The Bertz CT molecular complexity index is 619. The summed E-state index contributed by atoms with van der Waals surface area (Å²) in [6.45, 7) is 11.5. The zero-order valence-corrected chi connectivity index (χ0v) is 13.8. The minimum atomic E-state index is -0.355. The van der Waals surface area contributed by atoms with Crippen molar-refractivity contribution >= 4 is 32.4 Å². The van der Waals surface area contributed by atoms with Crippen molar-refractivity contribution < 1.29 is 9.53 Å². The van der Waals surface area contributed by atoms with E-state index in [4.69, 9.17) is 4.74 Å². The summed E-state index contributed by atoms with van der Waals surface area (Å²) in [5.74, 6) is -0.355. The molecular weight excluding hydrogens is 281 g/mol. The number of esters is 1. The summed E-state index contributed by atoms with van der Waals surface area (Å²) in [6, 6.07) is 3.53. The highest BCUT2D eigenvalue weighted by Gasteiger charge is 2.12. The molecule has 1 aromatic carbocycles. The van der Waals surface area contributed by atoms with E-state index in [1.807, 2.05) is 19.9 Å². The van der Waals surface area contributed by atoms with Crippen LogP contribution in [0.2, 0.25) is 0 Å². The number of carbonyl (C=O) groups is 1. The number of benzene rings is 1. The number of rotatable bonds is 5. The van der Waals surface area contributed by atoms with Gasteiger partial charge in [-0.1, -0.05) is 24.8 Å². The summed E-state index contributed by atoms with van der Waals surface area (Å²) in [5, 5.41) is 0.863. The van der Waals surface area contributed by atoms with Crippen LogP contribution in [-0.2, 0) is 4.74 Å². The van der Waals surface area contributed by atoms with E-state index in [0.717, 1.165) is 22.0 Å². The summed E-state index contributed by atoms with van der Waals surface area (Å²) in [6.07, 6.45) is 5.31. The van der Waals surface area contributed by atoms with Crippen LogP contribution in [0.15, 0.2) is 48.0 Å². The predicted octanol–water partition coefficient (Wildman–Crippen LogP) is 3.46. The van der Waals surface area contributed by atoms with Crippen LogP contribution < -0.4 is 5.30 Å². The molecule has 0 fully saturated rings. The molecule has 3 nitrogen and oxygen atoms in total. The number of allylic oxidation sites excluding steroid dienone is 3. The van der Waals surface area contributed by atoms with Crippen molar-refractivity contribution in [1.82, 2.24) is 0 Å². The number of hydrogen-bond acceptors (Lipinski definition) is 3. The molecule has 4 heteroatoms. The monoisotopic (exact) mass is 301 g/mol. The lowest BCUT2D eigenvalue weighted by Gasteiger charge is -2.11. The molecule has 0 saturated heterocycles. The van der Waals surface area contributed by atoms with Crippen LogP contribution in [0.5, 0.6) is 0 Å². The van der Waals surface area contributed by atoms with E-state index in [2.05, 4.69) is 27.4 Å². The topological polar surface area (TPSA) is 38.7 Å². The second-order valence-electron chi connectivity index (χ2n) is 4.59. The molecule has 0 aromatic heterocycles. The van der Waals surface area contributed by atoms with E-state index in [-0.39, 0.29) is 5.97 Å². The Balaban J connectivity index is 3.11. The first-order valence-electron chi connectivity index (χ1n) is 6.41. The van der Waals surface area contributed by atoms with Gasteiger partial charge in [0, 0.05) is 11.8 Å². The van der Waals surface area contributed by atoms with Gasteiger partial charge in [0.2, 0.25) is 0 Å². The normalized spacial score (nSPS) is 11.5. The van der Waals surface area contributed by atoms with Gasteiger partial charge < -0.3 is 4.74 Å². The van der Waals surface area contributed by atoms with Gasteiger partial charge in [0.25, 0.3) is 0 Å². The van der Waals surface area contributed by atoms with E-state index >= 15 is 0 Å². The molecule has 1 unspecified atom stereocenters. The highest BCUT2D eigenvalue weighted by Crippen LogP contribution is 2.20. The SMILES string of the molecule is C=C/C(C)=C\C=NC(=C)c1c(C)cc(C(=O)OC)cc1P. The summed E-state index contributed by atoms with van der Waals surface area (Å²) in [7, 11) is 3.98. The molecule has 0 heterocycles. The molecule has 1 rings (SSSR count). The molecule has 0 spiro atoms. The van der Waals surface area contributed by atoms with E-state index in [0.29, 0.717) is 11.3 Å². The molecule has 0 aliphatic heterocycles. The molecule has 0 saturated carbocycles. The van der Waals surface area contributed by atoms with Crippen LogP contribution in [-0.4, -0.2) is 19.3 Å². The first-order chi connectivity index (χ1) is 9.90. The molecule has 0 N–H and O–H groups in total. The van der Waals surface area contributed by atoms with Crippen molar-refractivity contribution in [1.29, 1.82) is 0 Å². The lowest BCUT2D eigenvalue weighted by molar-refractivity contribution is 0.0600. The largest absolute Gasteiger partial charge is 0.465 e. The Morgan fingerprint density at radius 1 is 1.43 bits per heavy atom. The van der Waals surface area contributed by atoms with Gasteiger partial charge in [0.05, 0.1) is 18.4 Å². The van der Waals surface area contributed by atoms with Crippen LogP contribution in [0.3, 0.4) is 0 Å². The first-order valence-corrected chi connectivity index (χ1v) is 6.99. The quantitative estimate of drug-likeness (QED) is 0.361. The van der Waals surface area contributed by atoms with E-state index in [1.54, 1.807) is 24.4 Å². The van der Waals surface area contributed by atoms with Gasteiger partial charge in [0.1, 0.15) is 0 Å². The van der Waals surface area contributed by atoms with E-state index in [9.17, 15) is 4.79 Å². The number of hydrogen-bond donors (Lipinski definition) is 0. The maximum atomic E-state index is 11.6. The van der Waals surface area contributed by atoms with Crippen molar-refractivity contribution in [2.45, 2.75) is 13.8 Å². The lowest BCUT2D eigenvalue weighted by atomic mass is 10.0. The molecule has 0 aliphatic carbocycles. The number of carbonyl (C=O) groups excluding carboxylic acids is 1. The molecule has 110 valence electrons. The smallest absolute Gasteiger partial charge is 0.337 e. The summed E-state index contributed by atoms with van der Waals surface area (Å²) in [4.78, 5) is 15.9. The van der Waals surface area contributed by atoms with Crippen LogP contribution in [0.25, 0.3) is 5.70 Å². The van der Waals surface area contributed by atoms with Crippen LogP contribution in [0, 0.1) is 6.92 Å². The average Bonchev–Trinajstić information content (AvgIpc) is 2.45. The fourth-order valence-electron chi connectivity index (χ4n) is 1.82. The van der Waals surface area contributed by atoms with Gasteiger partial charge in [-0.25, -0.2) is 4.79 Å². The average molecular weight is 301 g/mol. The minimum Gasteiger partial charge on any atom is -0.465 e. The zero-order valence-electron chi connectivity index (χ0n) is 12.6. The number of ether oxygens (including phenoxy) is 1. The third kappa shape index (κ3) is 4.51. The highest BCUT2D eigenvalue weighted by molar-refractivity contribution is 7.27. The fourth-order valence-corrected chi connectivity index (χ4v) is 2.40. The van der Waals surface area contributed by atoms with Gasteiger partial charge in [-0.15, -0.1) is 9.24 Å². The number of methoxy groups -OCH3 is 1. The molecule has 1 atom stereocenters. The second-order valence-corrected chi connectivity index (χ2v) is 5.21. The lowest BCUT2D eigenvalue weighted by Crippen LogP contribution is -2.10. The Morgan fingerprint density at radius 2 is 2.10 bits per heavy atom. The van der Waals surface area contributed by atoms with Gasteiger partial charge in [-0.2, -0.15) is 0 Å². The van der Waals surface area contributed by atoms with Crippen molar-refractivity contribution in [2.24, 2.45) is 4.99 Å². The Morgan fingerprint density at radius 3 is 2.62 bits per heavy atom. The molecular formula is C17H20NO2P. The maximum absolute atomic E-state index is 11.6. The van der Waals surface area contributed by atoms with Gasteiger partial charge in [-0.05, 0) is 42.9 Å². The van der Waals surface area contributed by atoms with Crippen molar-refractivity contribution in [2.75, 3.05) is 7.11 Å². The predicted molar refractivity (Wildman–Crippen MR) is 93.3 cm³/mol. The Labute approximate surface area is 128 Å². The summed E-state index contributed by atoms with van der Waals surface area (Å²) in [5.41, 5.74) is 4.02. The van der Waals surface area contributed by atoms with E-state index in [1.165, 1.54) is 7.11 Å². The zero-order chi connectivity index (χ0) is 16.0. The number of nitrogens with zero attached hydrogens (tertiary/aromatic N) is 1. The van der Waals surface area contributed by atoms with Crippen molar-refractivity contribution in [3.8, 4) is 0 Å². The van der Waals surface area contributed by atoms with E-state index < -0.39 is 0 Å². The van der Waals surface area contributed by atoms with Crippen molar-refractivity contribution in [3.63, 3.8) is 0 Å². The summed E-state index contributed by atoms with van der Waals surface area (Å²) < 4.78 is 4.73. The summed E-state index contributed by atoms with van der Waals surface area (Å²) >= 11 is 0. The van der Waals surface area contributed by atoms with Crippen molar-refractivity contribution in [3.05, 3.63) is 59.7 Å². The van der Waals surface area contributed by atoms with Crippen LogP contribution in [0.4, 0.5) is 0 Å². The third-order valence-corrected chi connectivity index (χ3v) is 3.42. The van der Waals surface area contributed by atoms with Crippen LogP contribution >= 0.6 is 9.24 Å². The van der Waals surface area contributed by atoms with Gasteiger partial charge >= 0.3 is 5.97 Å². The Kier molecular flexibility index (Phi) is 6.26. The highest BCUT2D eigenvalue weighted by atomic mass is 31.0. The van der Waals surface area contributed by atoms with Crippen LogP contribution in [0.1, 0.15) is 28.4 Å². The molecule has 0 aliphatic rings. The number of aryl methyl sites for hydroxylation is 1. The number of aliphatic imine (C=N–C) groups is 1. The Hall–Kier alpha value is -1.99. The van der Waals surface area contributed by atoms with Gasteiger partial charge in [0.15, 0.2) is 0 Å². The molecule has 21 heavy (non-hydrogen) atoms. The van der Waals surface area contributed by atoms with Gasteiger partial charge in [-0.3, -0.25) is 4.99 Å². The molecule has 1 aromatic rings. The third-order valence-electron chi connectivity index (χ3n) is 2.97. The second kappa shape index (κ2) is 7.70. The maximum Gasteiger partial charge on any atom is 0.337 e. The minimum absolute atomic E-state index is 0.355. The molecule has 0 amide bonds. The standard InChI is InChI=1S/C17H20NO2P/c1-6-11(2)7-8-18-13(4)16-12(3)9-14(10-15(16)21)17(19)20-5/h6-10H,1,4,21H2,2-3,5H3/b11-7-,18-8?.